The van der Waals surface area contributed by atoms with Crippen LogP contribution in [0.2, 0.25) is 0 Å². The van der Waals surface area contributed by atoms with Gasteiger partial charge in [-0.15, -0.1) is 0 Å². The Morgan fingerprint density at radius 1 is 0.955 bits per heavy atom. The molecule has 2 aliphatic heterocycles. The first kappa shape index (κ1) is 31.3. The lowest BCUT2D eigenvalue weighted by Gasteiger charge is -2.44. The van der Waals surface area contributed by atoms with E-state index in [0.29, 0.717) is 45.9 Å². The quantitative estimate of drug-likeness (QED) is 0.287. The number of hydrogen-bond donors (Lipinski definition) is 1. The topological polar surface area (TPSA) is 80.3 Å². The number of carbonyl (C=O) groups is 2. The van der Waals surface area contributed by atoms with E-state index in [4.69, 9.17) is 14.2 Å². The van der Waals surface area contributed by atoms with E-state index in [1.54, 1.807) is 14.0 Å². The Bertz CT molecular complexity index is 1440. The van der Waals surface area contributed by atoms with E-state index in [2.05, 4.69) is 17.4 Å². The maximum absolute atomic E-state index is 14.0. The summed E-state index contributed by atoms with van der Waals surface area (Å²) in [5.74, 6) is 1.66. The molecule has 2 amide bonds. The summed E-state index contributed by atoms with van der Waals surface area (Å²) >= 11 is 0. The molecule has 2 bridgehead atoms. The van der Waals surface area contributed by atoms with Crippen molar-refractivity contribution in [2.75, 3.05) is 47.0 Å². The number of likely N-dealkylation sites (N-methyl/N-ethyl adjacent to an activating group) is 1. The van der Waals surface area contributed by atoms with Crippen LogP contribution in [0.25, 0.3) is 5.57 Å². The van der Waals surface area contributed by atoms with E-state index in [9.17, 15) is 9.59 Å². The fraction of sp³-hybridized carbons (Fsp3) is 0.389. The number of fused-ring (bicyclic) bond motifs is 2. The first-order valence-electron chi connectivity index (χ1n) is 15.4. The van der Waals surface area contributed by atoms with Crippen molar-refractivity contribution in [3.63, 3.8) is 0 Å². The number of hydrogen-bond acceptors (Lipinski definition) is 6. The second kappa shape index (κ2) is 15.0. The third-order valence-corrected chi connectivity index (χ3v) is 8.36. The van der Waals surface area contributed by atoms with Crippen LogP contribution in [0.3, 0.4) is 0 Å². The lowest BCUT2D eigenvalue weighted by molar-refractivity contribution is -0.132. The van der Waals surface area contributed by atoms with Gasteiger partial charge in [-0.2, -0.15) is 0 Å². The number of nitrogens with zero attached hydrogens (tertiary/aromatic N) is 2. The highest BCUT2D eigenvalue weighted by Gasteiger charge is 2.39. The van der Waals surface area contributed by atoms with Gasteiger partial charge in [0.2, 0.25) is 5.91 Å². The van der Waals surface area contributed by atoms with Gasteiger partial charge >= 0.3 is 0 Å². The molecule has 8 heteroatoms. The molecule has 1 N–H and O–H groups in total. The van der Waals surface area contributed by atoms with Gasteiger partial charge in [0.15, 0.2) is 0 Å². The molecule has 0 spiro atoms. The van der Waals surface area contributed by atoms with Crippen molar-refractivity contribution in [2.24, 2.45) is 0 Å². The molecule has 1 fully saturated rings. The second-order valence-electron chi connectivity index (χ2n) is 11.5. The summed E-state index contributed by atoms with van der Waals surface area (Å²) in [5, 5.41) is 3.63. The lowest BCUT2D eigenvalue weighted by Crippen LogP contribution is -2.61. The van der Waals surface area contributed by atoms with Crippen LogP contribution in [-0.4, -0.2) is 80.7 Å². The molecule has 0 unspecified atom stereocenters. The van der Waals surface area contributed by atoms with E-state index in [-0.39, 0.29) is 23.9 Å². The fourth-order valence-corrected chi connectivity index (χ4v) is 5.98. The van der Waals surface area contributed by atoms with Gasteiger partial charge in [0, 0.05) is 57.2 Å². The largest absolute Gasteiger partial charge is 0.496 e. The van der Waals surface area contributed by atoms with E-state index < -0.39 is 0 Å². The van der Waals surface area contributed by atoms with Crippen molar-refractivity contribution < 1.29 is 23.8 Å². The summed E-state index contributed by atoms with van der Waals surface area (Å²) in [5.41, 5.74) is 5.04. The molecular weight excluding hydrogens is 554 g/mol. The monoisotopic (exact) mass is 597 g/mol. The Morgan fingerprint density at radius 2 is 1.70 bits per heavy atom. The first-order chi connectivity index (χ1) is 21.4. The highest BCUT2D eigenvalue weighted by molar-refractivity contribution is 6.03. The molecule has 2 atom stereocenters. The molecular formula is C36H43N3O5. The highest BCUT2D eigenvalue weighted by atomic mass is 16.5. The van der Waals surface area contributed by atoms with Gasteiger partial charge in [-0.05, 0) is 47.7 Å². The first-order valence-corrected chi connectivity index (χ1v) is 15.4. The summed E-state index contributed by atoms with van der Waals surface area (Å²) in [6.07, 6.45) is 2.22. The molecule has 8 nitrogen and oxygen atoms in total. The number of amides is 2. The molecule has 3 aromatic carbocycles. The standard InChI is InChI=1S/C36H43N3O5/c1-26(40)39-23-30-22-32(35(33(24-39)37-30)36(41)38(2)19-18-27-10-5-4-6-11-27)28-14-16-31(17-15-28)44-21-9-20-43-25-29-12-7-8-13-34(29)42-3/h4-8,10-17,30,33,37H,9,18-25H2,1-3H3/t30-,33-/m1/s1. The second-order valence-corrected chi connectivity index (χ2v) is 11.5. The molecule has 0 radical (unpaired) electrons. The maximum atomic E-state index is 14.0. The van der Waals surface area contributed by atoms with Gasteiger partial charge in [0.25, 0.3) is 5.91 Å². The van der Waals surface area contributed by atoms with Crippen molar-refractivity contribution >= 4 is 17.4 Å². The molecule has 0 saturated carbocycles. The zero-order chi connectivity index (χ0) is 30.9. The molecule has 0 aliphatic carbocycles. The SMILES string of the molecule is COc1ccccc1COCCCOc1ccc(C2=C(C(=O)N(C)CCc3ccccc3)[C@H]3CN(C(C)=O)C[C@@H](C2)N3)cc1. The van der Waals surface area contributed by atoms with Crippen LogP contribution in [-0.2, 0) is 27.4 Å². The third kappa shape index (κ3) is 7.87. The Balaban J connectivity index is 1.23. The maximum Gasteiger partial charge on any atom is 0.251 e. The van der Waals surface area contributed by atoms with Crippen LogP contribution in [0.15, 0.2) is 84.4 Å². The predicted octanol–water partition coefficient (Wildman–Crippen LogP) is 4.73. The van der Waals surface area contributed by atoms with Crippen LogP contribution in [0.4, 0.5) is 0 Å². The van der Waals surface area contributed by atoms with Gasteiger partial charge < -0.3 is 29.3 Å². The summed E-state index contributed by atoms with van der Waals surface area (Å²) in [6, 6.07) is 26.0. The number of nitrogens with one attached hydrogen (secondary N) is 1. The fourth-order valence-electron chi connectivity index (χ4n) is 5.98. The number of benzene rings is 3. The van der Waals surface area contributed by atoms with Gasteiger partial charge in [0.1, 0.15) is 11.5 Å². The smallest absolute Gasteiger partial charge is 0.251 e. The Hall–Kier alpha value is -4.14. The van der Waals surface area contributed by atoms with Gasteiger partial charge in [-0.25, -0.2) is 0 Å². The van der Waals surface area contributed by atoms with Crippen LogP contribution in [0, 0.1) is 0 Å². The minimum absolute atomic E-state index is 0.00531. The number of piperazine rings is 1. The highest BCUT2D eigenvalue weighted by Crippen LogP contribution is 2.34. The summed E-state index contributed by atoms with van der Waals surface area (Å²) in [7, 11) is 3.53. The third-order valence-electron chi connectivity index (χ3n) is 8.36. The van der Waals surface area contributed by atoms with Crippen molar-refractivity contribution in [2.45, 2.75) is 44.9 Å². The van der Waals surface area contributed by atoms with Crippen LogP contribution in [0.1, 0.15) is 36.5 Å². The van der Waals surface area contributed by atoms with Crippen molar-refractivity contribution in [1.29, 1.82) is 0 Å². The van der Waals surface area contributed by atoms with E-state index in [1.165, 1.54) is 5.56 Å². The molecule has 1 saturated heterocycles. The average molecular weight is 598 g/mol. The zero-order valence-electron chi connectivity index (χ0n) is 26.0. The molecule has 3 aromatic rings. The molecule has 0 aromatic heterocycles. The van der Waals surface area contributed by atoms with Gasteiger partial charge in [-0.1, -0.05) is 60.7 Å². The average Bonchev–Trinajstić information content (AvgIpc) is 3.05. The Kier molecular flexibility index (Phi) is 10.7. The van der Waals surface area contributed by atoms with Crippen LogP contribution >= 0.6 is 0 Å². The molecule has 232 valence electrons. The molecule has 44 heavy (non-hydrogen) atoms. The lowest BCUT2D eigenvalue weighted by atomic mass is 9.83. The van der Waals surface area contributed by atoms with Crippen molar-refractivity contribution in [1.82, 2.24) is 15.1 Å². The molecule has 5 rings (SSSR count). The van der Waals surface area contributed by atoms with E-state index in [0.717, 1.165) is 46.6 Å². The molecule has 2 heterocycles. The molecule has 2 aliphatic rings. The Labute approximate surface area is 260 Å². The predicted molar refractivity (Wildman–Crippen MR) is 171 cm³/mol. The number of para-hydroxylation sites is 1. The van der Waals surface area contributed by atoms with Crippen molar-refractivity contribution in [3.8, 4) is 11.5 Å². The van der Waals surface area contributed by atoms with Crippen LogP contribution in [0.5, 0.6) is 11.5 Å². The summed E-state index contributed by atoms with van der Waals surface area (Å²) in [6.45, 7) is 4.96. The normalized spacial score (nSPS) is 17.8. The van der Waals surface area contributed by atoms with Crippen LogP contribution < -0.4 is 14.8 Å². The van der Waals surface area contributed by atoms with Gasteiger partial charge in [-0.3, -0.25) is 9.59 Å². The zero-order valence-corrected chi connectivity index (χ0v) is 26.0. The summed E-state index contributed by atoms with van der Waals surface area (Å²) in [4.78, 5) is 29.9. The Morgan fingerprint density at radius 3 is 2.45 bits per heavy atom. The van der Waals surface area contributed by atoms with Crippen molar-refractivity contribution in [3.05, 3.63) is 101 Å². The van der Waals surface area contributed by atoms with E-state index >= 15 is 0 Å². The minimum Gasteiger partial charge on any atom is -0.496 e. The van der Waals surface area contributed by atoms with E-state index in [1.807, 2.05) is 83.6 Å². The number of ether oxygens (including phenoxy) is 3. The number of rotatable bonds is 13. The number of carbonyl (C=O) groups excluding carboxylic acids is 2. The summed E-state index contributed by atoms with van der Waals surface area (Å²) < 4.78 is 17.2. The van der Waals surface area contributed by atoms with Gasteiger partial charge in [0.05, 0.1) is 33.0 Å². The minimum atomic E-state index is -0.208. The number of methoxy groups -OCH3 is 1.